The Balaban J connectivity index is 3.46. The summed E-state index contributed by atoms with van der Waals surface area (Å²) in [4.78, 5) is 0.0331. The molecule has 0 fully saturated rings. The summed E-state index contributed by atoms with van der Waals surface area (Å²) in [6.07, 6.45) is 0. The van der Waals surface area contributed by atoms with Crippen LogP contribution in [0.3, 0.4) is 0 Å². The maximum Gasteiger partial charge on any atom is 0.168 e. The third-order valence-corrected chi connectivity index (χ3v) is 3.00. The van der Waals surface area contributed by atoms with Gasteiger partial charge in [-0.1, -0.05) is 0 Å². The van der Waals surface area contributed by atoms with Crippen molar-refractivity contribution in [3.05, 3.63) is 28.0 Å². The molecule has 0 aliphatic rings. The SMILES string of the molecule is Cc1c([SH](=O)=O)ccc(Br)c1F. The Hall–Kier alpha value is -0.420. The number of hydrogen-bond acceptors (Lipinski definition) is 2. The molecule has 0 N–H and O–H groups in total. The fourth-order valence-electron chi connectivity index (χ4n) is 0.840. The van der Waals surface area contributed by atoms with Gasteiger partial charge >= 0.3 is 0 Å². The van der Waals surface area contributed by atoms with Crippen molar-refractivity contribution >= 4 is 26.6 Å². The third-order valence-electron chi connectivity index (χ3n) is 1.51. The number of thiol groups is 1. The molecule has 0 saturated carbocycles. The van der Waals surface area contributed by atoms with Crippen LogP contribution < -0.4 is 0 Å². The van der Waals surface area contributed by atoms with Gasteiger partial charge in [-0.3, -0.25) is 0 Å². The summed E-state index contributed by atoms with van der Waals surface area (Å²) < 4.78 is 34.4. The molecule has 0 amide bonds. The van der Waals surface area contributed by atoms with E-state index in [1.807, 2.05) is 0 Å². The van der Waals surface area contributed by atoms with Crippen molar-refractivity contribution in [3.63, 3.8) is 0 Å². The van der Waals surface area contributed by atoms with E-state index < -0.39 is 16.5 Å². The van der Waals surface area contributed by atoms with Gasteiger partial charge in [-0.25, -0.2) is 12.8 Å². The summed E-state index contributed by atoms with van der Waals surface area (Å²) >= 11 is 2.96. The van der Waals surface area contributed by atoms with E-state index in [1.165, 1.54) is 19.1 Å². The Kier molecular flexibility index (Phi) is 2.85. The highest BCUT2D eigenvalue weighted by molar-refractivity contribution is 9.10. The molecule has 0 radical (unpaired) electrons. The summed E-state index contributed by atoms with van der Waals surface area (Å²) in [5, 5.41) is 0. The molecule has 1 aromatic rings. The van der Waals surface area contributed by atoms with Gasteiger partial charge in [0.2, 0.25) is 0 Å². The number of benzene rings is 1. The molecule has 1 rings (SSSR count). The predicted molar refractivity (Wildman–Crippen MR) is 47.4 cm³/mol. The molecule has 0 aliphatic carbocycles. The van der Waals surface area contributed by atoms with E-state index in [4.69, 9.17) is 0 Å². The summed E-state index contributed by atoms with van der Waals surface area (Å²) in [5.41, 5.74) is 0.153. The van der Waals surface area contributed by atoms with E-state index in [0.717, 1.165) is 0 Å². The molecular formula is C7H6BrFO2S. The zero-order valence-electron chi connectivity index (χ0n) is 6.17. The van der Waals surface area contributed by atoms with Crippen LogP contribution in [0.25, 0.3) is 0 Å². The minimum Gasteiger partial charge on any atom is -0.227 e. The molecule has 5 heteroatoms. The van der Waals surface area contributed by atoms with Crippen LogP contribution in [0.5, 0.6) is 0 Å². The Bertz CT molecular complexity index is 379. The predicted octanol–water partition coefficient (Wildman–Crippen LogP) is 1.87. The topological polar surface area (TPSA) is 34.1 Å². The lowest BCUT2D eigenvalue weighted by Crippen LogP contribution is -1.91. The van der Waals surface area contributed by atoms with Crippen molar-refractivity contribution < 1.29 is 12.8 Å². The number of hydrogen-bond donors (Lipinski definition) is 1. The maximum atomic E-state index is 13.0. The lowest BCUT2D eigenvalue weighted by atomic mass is 10.2. The van der Waals surface area contributed by atoms with Crippen LogP contribution in [0, 0.1) is 12.7 Å². The van der Waals surface area contributed by atoms with Gasteiger partial charge in [0, 0.05) is 5.56 Å². The molecule has 0 heterocycles. The second-order valence-electron chi connectivity index (χ2n) is 2.26. The highest BCUT2D eigenvalue weighted by Crippen LogP contribution is 2.22. The van der Waals surface area contributed by atoms with Crippen LogP contribution in [-0.2, 0) is 10.7 Å². The lowest BCUT2D eigenvalue weighted by molar-refractivity contribution is 0.595. The number of halogens is 2. The first-order chi connectivity index (χ1) is 5.54. The van der Waals surface area contributed by atoms with Gasteiger partial charge in [0.25, 0.3) is 0 Å². The zero-order valence-corrected chi connectivity index (χ0v) is 8.65. The minimum atomic E-state index is -2.71. The monoisotopic (exact) mass is 252 g/mol. The van der Waals surface area contributed by atoms with E-state index in [-0.39, 0.29) is 14.9 Å². The highest BCUT2D eigenvalue weighted by Gasteiger charge is 2.08. The fourth-order valence-corrected chi connectivity index (χ4v) is 1.84. The van der Waals surface area contributed by atoms with Crippen molar-refractivity contribution in [3.8, 4) is 0 Å². The van der Waals surface area contributed by atoms with Gasteiger partial charge in [-0.05, 0) is 35.0 Å². The molecular weight excluding hydrogens is 247 g/mol. The molecule has 0 atom stereocenters. The largest absolute Gasteiger partial charge is 0.227 e. The van der Waals surface area contributed by atoms with Crippen molar-refractivity contribution in [2.24, 2.45) is 0 Å². The minimum absolute atomic E-state index is 0.0331. The normalized spacial score (nSPS) is 10.7. The van der Waals surface area contributed by atoms with Gasteiger partial charge in [-0.2, -0.15) is 0 Å². The fraction of sp³-hybridized carbons (Fsp3) is 0.143. The van der Waals surface area contributed by atoms with E-state index >= 15 is 0 Å². The van der Waals surface area contributed by atoms with Gasteiger partial charge < -0.3 is 0 Å². The van der Waals surface area contributed by atoms with E-state index in [0.29, 0.717) is 0 Å². The van der Waals surface area contributed by atoms with Gasteiger partial charge in [0.15, 0.2) is 10.7 Å². The van der Waals surface area contributed by atoms with E-state index in [1.54, 1.807) is 0 Å². The van der Waals surface area contributed by atoms with Crippen molar-refractivity contribution in [1.82, 2.24) is 0 Å². The molecule has 0 aliphatic heterocycles. The first-order valence-electron chi connectivity index (χ1n) is 3.13. The Morgan fingerprint density at radius 1 is 1.42 bits per heavy atom. The van der Waals surface area contributed by atoms with Gasteiger partial charge in [0.1, 0.15) is 5.82 Å². The van der Waals surface area contributed by atoms with Crippen LogP contribution in [0.2, 0.25) is 0 Å². The van der Waals surface area contributed by atoms with Crippen LogP contribution >= 0.6 is 15.9 Å². The molecule has 1 aromatic carbocycles. The van der Waals surface area contributed by atoms with E-state index in [9.17, 15) is 12.8 Å². The quantitative estimate of drug-likeness (QED) is 0.775. The van der Waals surface area contributed by atoms with E-state index in [2.05, 4.69) is 15.9 Å². The molecule has 2 nitrogen and oxygen atoms in total. The molecule has 66 valence electrons. The first-order valence-corrected chi connectivity index (χ1v) is 5.10. The van der Waals surface area contributed by atoms with Crippen molar-refractivity contribution in [1.29, 1.82) is 0 Å². The molecule has 0 spiro atoms. The van der Waals surface area contributed by atoms with Crippen LogP contribution in [0.15, 0.2) is 21.5 Å². The summed E-state index contributed by atoms with van der Waals surface area (Å²) in [7, 11) is -2.71. The molecule has 0 unspecified atom stereocenters. The average Bonchev–Trinajstić information content (AvgIpc) is 2.00. The summed E-state index contributed by atoms with van der Waals surface area (Å²) in [6, 6.07) is 2.75. The van der Waals surface area contributed by atoms with Crippen molar-refractivity contribution in [2.45, 2.75) is 11.8 Å². The first kappa shape index (κ1) is 9.67. The maximum absolute atomic E-state index is 13.0. The molecule has 0 saturated heterocycles. The van der Waals surface area contributed by atoms with Gasteiger partial charge in [0.05, 0.1) is 9.37 Å². The smallest absolute Gasteiger partial charge is 0.168 e. The number of rotatable bonds is 1. The van der Waals surface area contributed by atoms with Crippen molar-refractivity contribution in [2.75, 3.05) is 0 Å². The van der Waals surface area contributed by atoms with Crippen LogP contribution in [0.4, 0.5) is 4.39 Å². The Labute approximate surface area is 79.5 Å². The zero-order chi connectivity index (χ0) is 9.30. The van der Waals surface area contributed by atoms with Gasteiger partial charge in [-0.15, -0.1) is 0 Å². The molecule has 12 heavy (non-hydrogen) atoms. The Morgan fingerprint density at radius 2 is 2.00 bits per heavy atom. The molecule has 0 aromatic heterocycles. The molecule has 0 bridgehead atoms. The second kappa shape index (κ2) is 3.53. The third kappa shape index (κ3) is 1.67. The van der Waals surface area contributed by atoms with Crippen LogP contribution in [0.1, 0.15) is 5.56 Å². The lowest BCUT2D eigenvalue weighted by Gasteiger charge is -2.00. The van der Waals surface area contributed by atoms with Crippen LogP contribution in [-0.4, -0.2) is 8.42 Å². The highest BCUT2D eigenvalue weighted by atomic mass is 79.9. The summed E-state index contributed by atoms with van der Waals surface area (Å²) in [5.74, 6) is -0.522. The second-order valence-corrected chi connectivity index (χ2v) is 4.11. The summed E-state index contributed by atoms with van der Waals surface area (Å²) in [6.45, 7) is 1.43. The standard InChI is InChI=1S/C7H6BrFO2S/c1-4-6(12(10)11)3-2-5(8)7(4)9/h2-3,12H,1H3. The Morgan fingerprint density at radius 3 is 2.50 bits per heavy atom. The average molecular weight is 253 g/mol.